The summed E-state index contributed by atoms with van der Waals surface area (Å²) in [6.45, 7) is 1.86. The molecule has 0 atom stereocenters. The summed E-state index contributed by atoms with van der Waals surface area (Å²) in [6.07, 6.45) is 0. The average molecular weight is 283 g/mol. The molecule has 0 saturated carbocycles. The van der Waals surface area contributed by atoms with E-state index in [1.807, 2.05) is 6.92 Å². The molecule has 0 spiro atoms. The zero-order chi connectivity index (χ0) is 14.6. The molecule has 1 rings (SSSR count). The molecule has 7 nitrogen and oxygen atoms in total. The largest absolute Gasteiger partial charge is 0.369 e. The summed E-state index contributed by atoms with van der Waals surface area (Å²) < 4.78 is 27.2. The normalized spacial score (nSPS) is 13.4. The van der Waals surface area contributed by atoms with Crippen LogP contribution in [-0.2, 0) is 10.0 Å². The molecule has 104 valence electrons. The van der Waals surface area contributed by atoms with E-state index in [0.29, 0.717) is 0 Å². The van der Waals surface area contributed by atoms with Crippen molar-refractivity contribution in [2.45, 2.75) is 11.8 Å². The molecule has 1 aromatic carbocycles. The van der Waals surface area contributed by atoms with E-state index in [0.717, 1.165) is 5.56 Å². The Balaban J connectivity index is 3.09. The van der Waals surface area contributed by atoms with Gasteiger partial charge in [0.05, 0.1) is 4.90 Å². The summed E-state index contributed by atoms with van der Waals surface area (Å²) in [5.74, 6) is -0.341. The Morgan fingerprint density at radius 2 is 1.68 bits per heavy atom. The van der Waals surface area contributed by atoms with Crippen LogP contribution < -0.4 is 11.5 Å². The van der Waals surface area contributed by atoms with E-state index in [4.69, 9.17) is 11.5 Å². The molecule has 0 heterocycles. The average Bonchev–Trinajstić information content (AvgIpc) is 2.28. The van der Waals surface area contributed by atoms with Gasteiger partial charge in [-0.15, -0.1) is 4.40 Å². The van der Waals surface area contributed by atoms with Crippen molar-refractivity contribution in [3.05, 3.63) is 29.8 Å². The van der Waals surface area contributed by atoms with Crippen LogP contribution >= 0.6 is 0 Å². The van der Waals surface area contributed by atoms with Gasteiger partial charge in [-0.1, -0.05) is 17.7 Å². The Morgan fingerprint density at radius 1 is 1.16 bits per heavy atom. The van der Waals surface area contributed by atoms with Crippen molar-refractivity contribution in [2.24, 2.45) is 20.9 Å². The third kappa shape index (κ3) is 4.25. The number of guanidine groups is 2. The molecule has 0 aromatic heterocycles. The monoisotopic (exact) mass is 283 g/mol. The Kier molecular flexibility index (Phi) is 4.49. The predicted molar refractivity (Wildman–Crippen MR) is 75.3 cm³/mol. The lowest BCUT2D eigenvalue weighted by Crippen LogP contribution is -2.32. The van der Waals surface area contributed by atoms with Gasteiger partial charge in [-0.2, -0.15) is 13.4 Å². The smallest absolute Gasteiger partial charge is 0.285 e. The van der Waals surface area contributed by atoms with Crippen LogP contribution in [-0.4, -0.2) is 39.3 Å². The molecule has 0 unspecified atom stereocenters. The van der Waals surface area contributed by atoms with Gasteiger partial charge in [-0.05, 0) is 19.1 Å². The van der Waals surface area contributed by atoms with Crippen molar-refractivity contribution in [3.63, 3.8) is 0 Å². The van der Waals surface area contributed by atoms with Crippen LogP contribution in [0, 0.1) is 6.92 Å². The molecular formula is C11H17N5O2S. The summed E-state index contributed by atoms with van der Waals surface area (Å²) in [5, 5.41) is 0. The number of nitrogens with two attached hydrogens (primary N) is 2. The van der Waals surface area contributed by atoms with Gasteiger partial charge in [-0.3, -0.25) is 0 Å². The van der Waals surface area contributed by atoms with Gasteiger partial charge < -0.3 is 16.4 Å². The fraction of sp³-hybridized carbons (Fsp3) is 0.273. The Labute approximate surface area is 112 Å². The molecule has 0 aliphatic rings. The Morgan fingerprint density at radius 3 is 2.16 bits per heavy atom. The summed E-state index contributed by atoms with van der Waals surface area (Å²) in [6, 6.07) is 6.27. The molecule has 1 aromatic rings. The van der Waals surface area contributed by atoms with E-state index in [-0.39, 0.29) is 10.9 Å². The van der Waals surface area contributed by atoms with Crippen molar-refractivity contribution in [2.75, 3.05) is 14.1 Å². The highest BCUT2D eigenvalue weighted by Crippen LogP contribution is 2.12. The second-order valence-corrected chi connectivity index (χ2v) is 5.71. The fourth-order valence-electron chi connectivity index (χ4n) is 1.12. The Bertz CT molecular complexity index is 602. The third-order valence-corrected chi connectivity index (χ3v) is 3.52. The van der Waals surface area contributed by atoms with Gasteiger partial charge >= 0.3 is 0 Å². The first-order chi connectivity index (χ1) is 8.72. The Hall–Kier alpha value is -2.09. The van der Waals surface area contributed by atoms with Gasteiger partial charge in [0.15, 0.2) is 5.96 Å². The molecule has 0 aliphatic carbocycles. The molecule has 8 heteroatoms. The lowest BCUT2D eigenvalue weighted by molar-refractivity contribution is 0.597. The molecule has 0 radical (unpaired) electrons. The number of hydrogen-bond acceptors (Lipinski definition) is 2. The highest BCUT2D eigenvalue weighted by Gasteiger charge is 2.13. The SMILES string of the molecule is Cc1ccc(S(=O)(=O)/N=C(N)/N=C(\N)N(C)C)cc1. The second-order valence-electron chi connectivity index (χ2n) is 4.10. The summed E-state index contributed by atoms with van der Waals surface area (Å²) in [4.78, 5) is 5.22. The molecular weight excluding hydrogens is 266 g/mol. The van der Waals surface area contributed by atoms with Crippen LogP contribution in [0.3, 0.4) is 0 Å². The number of rotatable bonds is 2. The van der Waals surface area contributed by atoms with Crippen LogP contribution in [0.5, 0.6) is 0 Å². The van der Waals surface area contributed by atoms with Gasteiger partial charge in [0, 0.05) is 14.1 Å². The van der Waals surface area contributed by atoms with Crippen molar-refractivity contribution >= 4 is 21.9 Å². The minimum absolute atomic E-state index is 0.0553. The molecule has 0 amide bonds. The van der Waals surface area contributed by atoms with Crippen molar-refractivity contribution in [3.8, 4) is 0 Å². The van der Waals surface area contributed by atoms with E-state index in [1.165, 1.54) is 17.0 Å². The first-order valence-electron chi connectivity index (χ1n) is 5.41. The predicted octanol–water partition coefficient (Wildman–Crippen LogP) is -0.125. The second kappa shape index (κ2) is 5.70. The van der Waals surface area contributed by atoms with E-state index in [2.05, 4.69) is 9.39 Å². The molecule has 0 saturated heterocycles. The fourth-order valence-corrected chi connectivity index (χ4v) is 2.00. The number of aliphatic imine (C=N–C) groups is 1. The molecule has 0 aliphatic heterocycles. The topological polar surface area (TPSA) is 114 Å². The van der Waals surface area contributed by atoms with E-state index in [1.54, 1.807) is 26.2 Å². The third-order valence-electron chi connectivity index (χ3n) is 2.22. The summed E-state index contributed by atoms with van der Waals surface area (Å²) in [5.41, 5.74) is 11.9. The minimum atomic E-state index is -3.87. The van der Waals surface area contributed by atoms with Crippen molar-refractivity contribution in [1.29, 1.82) is 0 Å². The first-order valence-corrected chi connectivity index (χ1v) is 6.85. The van der Waals surface area contributed by atoms with E-state index < -0.39 is 16.0 Å². The van der Waals surface area contributed by atoms with E-state index in [9.17, 15) is 8.42 Å². The van der Waals surface area contributed by atoms with Gasteiger partial charge in [0.2, 0.25) is 5.96 Å². The van der Waals surface area contributed by atoms with Crippen LogP contribution in [0.15, 0.2) is 38.6 Å². The van der Waals surface area contributed by atoms with Crippen LogP contribution in [0.2, 0.25) is 0 Å². The summed E-state index contributed by atoms with van der Waals surface area (Å²) >= 11 is 0. The highest BCUT2D eigenvalue weighted by molar-refractivity contribution is 7.90. The maximum absolute atomic E-state index is 11.9. The van der Waals surface area contributed by atoms with Gasteiger partial charge in [0.1, 0.15) is 0 Å². The molecule has 0 bridgehead atoms. The number of aryl methyl sites for hydroxylation is 1. The minimum Gasteiger partial charge on any atom is -0.369 e. The summed E-state index contributed by atoms with van der Waals surface area (Å²) in [7, 11) is -0.559. The lowest BCUT2D eigenvalue weighted by atomic mass is 10.2. The van der Waals surface area contributed by atoms with Crippen LogP contribution in [0.4, 0.5) is 0 Å². The van der Waals surface area contributed by atoms with Crippen molar-refractivity contribution in [1.82, 2.24) is 4.90 Å². The quantitative estimate of drug-likeness (QED) is 0.580. The number of benzene rings is 1. The lowest BCUT2D eigenvalue weighted by Gasteiger charge is -2.09. The molecule has 4 N–H and O–H groups in total. The van der Waals surface area contributed by atoms with Crippen molar-refractivity contribution < 1.29 is 8.42 Å². The number of hydrogen-bond donors (Lipinski definition) is 2. The number of nitrogens with zero attached hydrogens (tertiary/aromatic N) is 3. The van der Waals surface area contributed by atoms with Gasteiger partial charge in [0.25, 0.3) is 10.0 Å². The first kappa shape index (κ1) is 15.0. The maximum atomic E-state index is 11.9. The maximum Gasteiger partial charge on any atom is 0.285 e. The van der Waals surface area contributed by atoms with Crippen LogP contribution in [0.25, 0.3) is 0 Å². The van der Waals surface area contributed by atoms with E-state index >= 15 is 0 Å². The van der Waals surface area contributed by atoms with Crippen LogP contribution in [0.1, 0.15) is 5.56 Å². The number of sulfonamides is 1. The standard InChI is InChI=1S/C11H17N5O2S/c1-8-4-6-9(7-5-8)19(17,18)15-10(12)14-11(13)16(2)3/h4-7H,1-3H3,(H4,12,13,14,15). The zero-order valence-corrected chi connectivity index (χ0v) is 11.8. The molecule has 19 heavy (non-hydrogen) atoms. The van der Waals surface area contributed by atoms with Gasteiger partial charge in [-0.25, -0.2) is 0 Å². The highest BCUT2D eigenvalue weighted by atomic mass is 32.2. The zero-order valence-electron chi connectivity index (χ0n) is 11.0. The molecule has 0 fully saturated rings.